The van der Waals surface area contributed by atoms with E-state index in [0.717, 1.165) is 0 Å². The first kappa shape index (κ1) is 15.9. The van der Waals surface area contributed by atoms with Crippen molar-refractivity contribution >= 4 is 18.4 Å². The van der Waals surface area contributed by atoms with Crippen LogP contribution < -0.4 is 5.73 Å². The molecule has 0 saturated heterocycles. The van der Waals surface area contributed by atoms with Gasteiger partial charge in [-0.3, -0.25) is 4.79 Å². The van der Waals surface area contributed by atoms with E-state index in [9.17, 15) is 9.18 Å². The molecular formula is C12H17ClFNO2. The van der Waals surface area contributed by atoms with Gasteiger partial charge in [-0.2, -0.15) is 0 Å². The van der Waals surface area contributed by atoms with E-state index in [1.807, 2.05) is 0 Å². The van der Waals surface area contributed by atoms with Crippen LogP contribution in [0.3, 0.4) is 0 Å². The molecule has 1 aromatic rings. The number of halogens is 2. The maximum atomic E-state index is 12.7. The van der Waals surface area contributed by atoms with E-state index in [2.05, 4.69) is 4.74 Å². The van der Waals surface area contributed by atoms with Crippen LogP contribution in [0.25, 0.3) is 0 Å². The molecule has 5 heteroatoms. The number of hydrogen-bond acceptors (Lipinski definition) is 3. The Bertz CT molecular complexity index is 379. The standard InChI is InChI=1S/C12H16FNO2.ClH/c1-12(2,11(15)16-3)10(14)8-4-6-9(13)7-5-8;/h4-7,10H,14H2,1-3H3;1H/t10-;/m0./s1. The quantitative estimate of drug-likeness (QED) is 0.851. The molecule has 1 rings (SSSR count). The molecule has 0 fully saturated rings. The second kappa shape index (κ2) is 5.98. The highest BCUT2D eigenvalue weighted by atomic mass is 35.5. The van der Waals surface area contributed by atoms with Gasteiger partial charge >= 0.3 is 5.97 Å². The van der Waals surface area contributed by atoms with Crippen LogP contribution in [0.5, 0.6) is 0 Å². The Labute approximate surface area is 107 Å². The Morgan fingerprint density at radius 2 is 1.82 bits per heavy atom. The van der Waals surface area contributed by atoms with Crippen molar-refractivity contribution in [2.75, 3.05) is 7.11 Å². The van der Waals surface area contributed by atoms with E-state index in [1.165, 1.54) is 19.2 Å². The molecule has 0 heterocycles. The summed E-state index contributed by atoms with van der Waals surface area (Å²) in [7, 11) is 1.32. The van der Waals surface area contributed by atoms with E-state index in [0.29, 0.717) is 5.56 Å². The number of rotatable bonds is 3. The van der Waals surface area contributed by atoms with Crippen LogP contribution in [0.1, 0.15) is 25.5 Å². The minimum absolute atomic E-state index is 0. The highest BCUT2D eigenvalue weighted by Gasteiger charge is 2.36. The van der Waals surface area contributed by atoms with Crippen LogP contribution in [0, 0.1) is 11.2 Å². The van der Waals surface area contributed by atoms with Crippen LogP contribution in [-0.4, -0.2) is 13.1 Å². The minimum Gasteiger partial charge on any atom is -0.469 e. The molecule has 0 aliphatic carbocycles. The van der Waals surface area contributed by atoms with Gasteiger partial charge in [-0.25, -0.2) is 4.39 Å². The van der Waals surface area contributed by atoms with E-state index < -0.39 is 11.5 Å². The van der Waals surface area contributed by atoms with Crippen LogP contribution in [0.4, 0.5) is 4.39 Å². The Morgan fingerprint density at radius 1 is 1.35 bits per heavy atom. The number of carbonyl (C=O) groups is 1. The van der Waals surface area contributed by atoms with Gasteiger partial charge in [0, 0.05) is 6.04 Å². The molecule has 0 bridgehead atoms. The average molecular weight is 262 g/mol. The van der Waals surface area contributed by atoms with Gasteiger partial charge in [0.25, 0.3) is 0 Å². The molecule has 17 heavy (non-hydrogen) atoms. The number of esters is 1. The largest absolute Gasteiger partial charge is 0.469 e. The molecule has 0 aliphatic rings. The summed E-state index contributed by atoms with van der Waals surface area (Å²) in [5.74, 6) is -0.712. The van der Waals surface area contributed by atoms with E-state index in [4.69, 9.17) is 5.73 Å². The SMILES string of the molecule is COC(=O)C(C)(C)[C@@H](N)c1ccc(F)cc1.Cl. The maximum Gasteiger partial charge on any atom is 0.313 e. The topological polar surface area (TPSA) is 52.3 Å². The van der Waals surface area contributed by atoms with Crippen LogP contribution >= 0.6 is 12.4 Å². The van der Waals surface area contributed by atoms with Crippen LogP contribution in [-0.2, 0) is 9.53 Å². The fourth-order valence-corrected chi connectivity index (χ4v) is 1.48. The third kappa shape index (κ3) is 3.41. The molecule has 0 aliphatic heterocycles. The van der Waals surface area contributed by atoms with Gasteiger partial charge in [0.2, 0.25) is 0 Å². The molecule has 1 aromatic carbocycles. The Hall–Kier alpha value is -1.13. The normalized spacial score (nSPS) is 12.5. The molecule has 0 saturated carbocycles. The number of carbonyl (C=O) groups excluding carboxylic acids is 1. The minimum atomic E-state index is -0.841. The zero-order valence-electron chi connectivity index (χ0n) is 10.1. The third-order valence-corrected chi connectivity index (χ3v) is 2.72. The van der Waals surface area contributed by atoms with Crippen molar-refractivity contribution in [1.29, 1.82) is 0 Å². The van der Waals surface area contributed by atoms with Gasteiger partial charge in [0.15, 0.2) is 0 Å². The lowest BCUT2D eigenvalue weighted by Gasteiger charge is -2.28. The summed E-state index contributed by atoms with van der Waals surface area (Å²) in [5, 5.41) is 0. The highest BCUT2D eigenvalue weighted by molar-refractivity contribution is 5.85. The van der Waals surface area contributed by atoms with Crippen LogP contribution in [0.2, 0.25) is 0 Å². The van der Waals surface area contributed by atoms with Gasteiger partial charge in [-0.1, -0.05) is 12.1 Å². The van der Waals surface area contributed by atoms with Crippen molar-refractivity contribution < 1.29 is 13.9 Å². The maximum absolute atomic E-state index is 12.7. The second-order valence-electron chi connectivity index (χ2n) is 4.24. The first-order valence-electron chi connectivity index (χ1n) is 4.99. The van der Waals surface area contributed by atoms with Gasteiger partial charge in [-0.05, 0) is 31.5 Å². The fourth-order valence-electron chi connectivity index (χ4n) is 1.48. The first-order chi connectivity index (χ1) is 7.39. The second-order valence-corrected chi connectivity index (χ2v) is 4.24. The molecule has 3 nitrogen and oxygen atoms in total. The number of methoxy groups -OCH3 is 1. The molecule has 0 radical (unpaired) electrons. The Morgan fingerprint density at radius 3 is 2.24 bits per heavy atom. The number of hydrogen-bond donors (Lipinski definition) is 1. The predicted octanol–water partition coefficient (Wildman–Crippen LogP) is 2.45. The van der Waals surface area contributed by atoms with Crippen molar-refractivity contribution in [3.63, 3.8) is 0 Å². The van der Waals surface area contributed by atoms with E-state index >= 15 is 0 Å². The molecule has 0 unspecified atom stereocenters. The Balaban J connectivity index is 0.00000256. The zero-order valence-corrected chi connectivity index (χ0v) is 10.9. The molecule has 1 atom stereocenters. The molecule has 0 amide bonds. The summed E-state index contributed by atoms with van der Waals surface area (Å²) >= 11 is 0. The molecular weight excluding hydrogens is 245 g/mol. The Kier molecular flexibility index (Phi) is 5.58. The molecule has 0 aromatic heterocycles. The highest BCUT2D eigenvalue weighted by Crippen LogP contribution is 2.32. The molecule has 0 spiro atoms. The average Bonchev–Trinajstić information content (AvgIpc) is 2.28. The fraction of sp³-hybridized carbons (Fsp3) is 0.417. The summed E-state index contributed by atoms with van der Waals surface area (Å²) in [5.41, 5.74) is 5.84. The summed E-state index contributed by atoms with van der Waals surface area (Å²) < 4.78 is 17.4. The van der Waals surface area contributed by atoms with E-state index in [1.54, 1.807) is 26.0 Å². The third-order valence-electron chi connectivity index (χ3n) is 2.72. The van der Waals surface area contributed by atoms with Crippen molar-refractivity contribution in [2.24, 2.45) is 11.1 Å². The molecule has 96 valence electrons. The molecule has 2 N–H and O–H groups in total. The van der Waals surface area contributed by atoms with Gasteiger partial charge in [0.05, 0.1) is 12.5 Å². The van der Waals surface area contributed by atoms with Crippen LogP contribution in [0.15, 0.2) is 24.3 Å². The van der Waals surface area contributed by atoms with Crippen molar-refractivity contribution in [3.05, 3.63) is 35.6 Å². The number of benzene rings is 1. The van der Waals surface area contributed by atoms with Crippen molar-refractivity contribution in [2.45, 2.75) is 19.9 Å². The summed E-state index contributed by atoms with van der Waals surface area (Å²) in [6.07, 6.45) is 0. The summed E-state index contributed by atoms with van der Waals surface area (Å²) in [6, 6.07) is 5.26. The lowest BCUT2D eigenvalue weighted by molar-refractivity contribution is -0.152. The summed E-state index contributed by atoms with van der Waals surface area (Å²) in [6.45, 7) is 3.40. The number of ether oxygens (including phenoxy) is 1. The monoisotopic (exact) mass is 261 g/mol. The lowest BCUT2D eigenvalue weighted by atomic mass is 9.81. The lowest BCUT2D eigenvalue weighted by Crippen LogP contribution is -2.37. The summed E-state index contributed by atoms with van der Waals surface area (Å²) in [4.78, 5) is 11.5. The van der Waals surface area contributed by atoms with Gasteiger partial charge in [-0.15, -0.1) is 12.4 Å². The van der Waals surface area contributed by atoms with Gasteiger partial charge < -0.3 is 10.5 Å². The van der Waals surface area contributed by atoms with E-state index in [-0.39, 0.29) is 24.2 Å². The number of nitrogens with two attached hydrogens (primary N) is 1. The smallest absolute Gasteiger partial charge is 0.313 e. The first-order valence-corrected chi connectivity index (χ1v) is 4.99. The van der Waals surface area contributed by atoms with Crippen molar-refractivity contribution in [3.8, 4) is 0 Å². The zero-order chi connectivity index (χ0) is 12.3. The van der Waals surface area contributed by atoms with Crippen molar-refractivity contribution in [1.82, 2.24) is 0 Å². The van der Waals surface area contributed by atoms with Gasteiger partial charge in [0.1, 0.15) is 5.82 Å². The predicted molar refractivity (Wildman–Crippen MR) is 66.4 cm³/mol.